The molecule has 0 bridgehead atoms. The van der Waals surface area contributed by atoms with Gasteiger partial charge in [-0.25, -0.2) is 0 Å². The minimum atomic E-state index is -0.256. The molecule has 1 rings (SSSR count). The molecular weight excluding hydrogens is 554 g/mol. The van der Waals surface area contributed by atoms with Crippen molar-refractivity contribution < 1.29 is 33.3 Å². The molecule has 1 aromatic rings. The topological polar surface area (TPSA) is 116 Å². The second-order valence-electron chi connectivity index (χ2n) is 9.48. The third-order valence-corrected chi connectivity index (χ3v) is 8.18. The number of amides is 2. The lowest BCUT2D eigenvalue weighted by Crippen LogP contribution is -2.28. The zero-order valence-corrected chi connectivity index (χ0v) is 26.1. The Kier molecular flexibility index (Phi) is 20.7. The zero-order chi connectivity index (χ0) is 29.5. The van der Waals surface area contributed by atoms with Crippen LogP contribution in [0.3, 0.4) is 0 Å². The summed E-state index contributed by atoms with van der Waals surface area (Å²) < 4.78 is 28.3. The van der Waals surface area contributed by atoms with Gasteiger partial charge in [-0.15, -0.1) is 0 Å². The van der Waals surface area contributed by atoms with Crippen molar-refractivity contribution in [3.8, 4) is 5.75 Å². The molecule has 228 valence electrons. The van der Waals surface area contributed by atoms with Crippen molar-refractivity contribution in [3.63, 3.8) is 0 Å². The van der Waals surface area contributed by atoms with E-state index in [4.69, 9.17) is 23.7 Å². The fourth-order valence-corrected chi connectivity index (χ4v) is 4.95. The molecule has 0 aliphatic rings. The average molecular weight is 602 g/mol. The summed E-state index contributed by atoms with van der Waals surface area (Å²) in [6.45, 7) is 12.4. The number of nitrogens with one attached hydrogen (secondary N) is 3. The van der Waals surface area contributed by atoms with Gasteiger partial charge in [-0.2, -0.15) is 0 Å². The van der Waals surface area contributed by atoms with Crippen molar-refractivity contribution >= 4 is 39.1 Å². The van der Waals surface area contributed by atoms with Crippen LogP contribution in [0, 0.1) is 0 Å². The summed E-state index contributed by atoms with van der Waals surface area (Å²) in [6, 6.07) is 7.25. The molecule has 1 unspecified atom stereocenters. The van der Waals surface area contributed by atoms with Gasteiger partial charge in [0.2, 0.25) is 11.8 Å². The van der Waals surface area contributed by atoms with Crippen molar-refractivity contribution in [1.29, 1.82) is 0 Å². The molecule has 0 saturated heterocycles. The first-order valence-corrected chi connectivity index (χ1v) is 15.7. The largest absolute Gasteiger partial charge is 0.490 e. The Morgan fingerprint density at radius 3 is 2.48 bits per heavy atom. The Morgan fingerprint density at radius 2 is 1.75 bits per heavy atom. The van der Waals surface area contributed by atoms with Gasteiger partial charge in [0.1, 0.15) is 24.4 Å². The number of hydrogen-bond donors (Lipinski definition) is 3. The van der Waals surface area contributed by atoms with Crippen LogP contribution in [0.25, 0.3) is 0 Å². The van der Waals surface area contributed by atoms with E-state index in [1.807, 2.05) is 44.3 Å². The van der Waals surface area contributed by atoms with Crippen LogP contribution in [0.1, 0.15) is 34.1 Å². The molecule has 0 aliphatic carbocycles. The van der Waals surface area contributed by atoms with Gasteiger partial charge in [-0.05, 0) is 26.1 Å². The summed E-state index contributed by atoms with van der Waals surface area (Å²) in [4.78, 5) is 24.0. The van der Waals surface area contributed by atoms with Crippen molar-refractivity contribution in [3.05, 3.63) is 36.4 Å². The van der Waals surface area contributed by atoms with Gasteiger partial charge in [-0.1, -0.05) is 60.6 Å². The van der Waals surface area contributed by atoms with E-state index < -0.39 is 0 Å². The molecule has 1 aromatic carbocycles. The highest BCUT2D eigenvalue weighted by Gasteiger charge is 2.18. The first-order valence-electron chi connectivity index (χ1n) is 13.5. The molecule has 2 amide bonds. The third-order valence-electron chi connectivity index (χ3n) is 4.67. The van der Waals surface area contributed by atoms with Gasteiger partial charge in [0.15, 0.2) is 0 Å². The summed E-state index contributed by atoms with van der Waals surface area (Å²) in [5, 5.41) is 8.62. The fourth-order valence-electron chi connectivity index (χ4n) is 2.76. The maximum absolute atomic E-state index is 12.3. The summed E-state index contributed by atoms with van der Waals surface area (Å²) in [5.74, 6) is 0.319. The predicted molar refractivity (Wildman–Crippen MR) is 164 cm³/mol. The highest BCUT2D eigenvalue weighted by molar-refractivity contribution is 8.77. The maximum atomic E-state index is 12.3. The number of rotatable bonds is 23. The number of likely N-dealkylation sites (N-methyl/N-ethyl adjacent to an activating group) is 1. The minimum Gasteiger partial charge on any atom is -0.490 e. The number of carbonyl (C=O) groups excluding carboxylic acids is 2. The quantitative estimate of drug-likeness (QED) is 0.0739. The Bertz CT molecular complexity index is 853. The molecule has 3 N–H and O–H groups in total. The first-order chi connectivity index (χ1) is 19.2. The standard InChI is InChI=1S/C28H47N3O7S2/c1-6-7-12-30-26(33)21-36-18-19-37-27(39-40-28(2,3)4)22-38-24-10-8-9-23(20-24)31-25(32)11-14-34-16-17-35-15-13-29-5/h6-10,20,27,29H,11-19,21-22H2,1-5H3,(H,30,33)(H,31,32)/b7-6+. The smallest absolute Gasteiger partial charge is 0.246 e. The lowest BCUT2D eigenvalue weighted by atomic mass is 10.3. The van der Waals surface area contributed by atoms with E-state index in [1.54, 1.807) is 27.7 Å². The second kappa shape index (κ2) is 22.8. The molecule has 0 heterocycles. The zero-order valence-electron chi connectivity index (χ0n) is 24.5. The molecule has 10 nitrogen and oxygen atoms in total. The number of carbonyl (C=O) groups is 2. The molecule has 40 heavy (non-hydrogen) atoms. The van der Waals surface area contributed by atoms with Crippen molar-refractivity contribution in [2.75, 3.05) is 78.3 Å². The highest BCUT2D eigenvalue weighted by Crippen LogP contribution is 2.38. The van der Waals surface area contributed by atoms with Crippen LogP contribution in [0.4, 0.5) is 5.69 Å². The van der Waals surface area contributed by atoms with E-state index in [-0.39, 0.29) is 35.0 Å². The van der Waals surface area contributed by atoms with Crippen LogP contribution in [0.15, 0.2) is 36.4 Å². The van der Waals surface area contributed by atoms with Gasteiger partial charge in [-0.3, -0.25) is 9.59 Å². The number of allylic oxidation sites excluding steroid dienone is 1. The van der Waals surface area contributed by atoms with Gasteiger partial charge in [0.25, 0.3) is 0 Å². The van der Waals surface area contributed by atoms with Crippen LogP contribution >= 0.6 is 21.6 Å². The summed E-state index contributed by atoms with van der Waals surface area (Å²) in [7, 11) is 5.17. The maximum Gasteiger partial charge on any atom is 0.246 e. The lowest BCUT2D eigenvalue weighted by Gasteiger charge is -2.22. The number of ether oxygens (including phenoxy) is 5. The lowest BCUT2D eigenvalue weighted by molar-refractivity contribution is -0.126. The minimum absolute atomic E-state index is 0.0119. The van der Waals surface area contributed by atoms with E-state index in [0.717, 1.165) is 6.54 Å². The van der Waals surface area contributed by atoms with Gasteiger partial charge in [0, 0.05) is 29.6 Å². The van der Waals surface area contributed by atoms with E-state index in [0.29, 0.717) is 64.2 Å². The molecule has 0 fully saturated rings. The van der Waals surface area contributed by atoms with E-state index in [1.165, 1.54) is 0 Å². The van der Waals surface area contributed by atoms with Crippen LogP contribution < -0.4 is 20.7 Å². The molecule has 0 spiro atoms. The molecule has 0 saturated carbocycles. The summed E-state index contributed by atoms with van der Waals surface area (Å²) >= 11 is 0. The van der Waals surface area contributed by atoms with Crippen molar-refractivity contribution in [2.24, 2.45) is 0 Å². The monoisotopic (exact) mass is 601 g/mol. The SMILES string of the molecule is C/C=C/CNC(=O)COCCOC(COc1cccc(NC(=O)CCOCCOCCNC)c1)SSC(C)(C)C. The van der Waals surface area contributed by atoms with Crippen molar-refractivity contribution in [2.45, 2.75) is 44.3 Å². The Hall–Kier alpha value is -1.80. The van der Waals surface area contributed by atoms with Gasteiger partial charge < -0.3 is 39.6 Å². The molecular formula is C28H47N3O7S2. The predicted octanol–water partition coefficient (Wildman–Crippen LogP) is 3.88. The number of benzene rings is 1. The molecule has 12 heteroatoms. The van der Waals surface area contributed by atoms with Crippen LogP contribution in [-0.4, -0.2) is 95.0 Å². The van der Waals surface area contributed by atoms with Crippen LogP contribution in [-0.2, 0) is 28.5 Å². The molecule has 1 atom stereocenters. The second-order valence-corrected chi connectivity index (χ2v) is 12.7. The van der Waals surface area contributed by atoms with E-state index in [2.05, 4.69) is 36.7 Å². The van der Waals surface area contributed by atoms with Gasteiger partial charge >= 0.3 is 0 Å². The highest BCUT2D eigenvalue weighted by atomic mass is 33.1. The average Bonchev–Trinajstić information content (AvgIpc) is 2.91. The third kappa shape index (κ3) is 21.0. The normalized spacial score (nSPS) is 12.4. The summed E-state index contributed by atoms with van der Waals surface area (Å²) in [5.41, 5.74) is 0.391. The van der Waals surface area contributed by atoms with Gasteiger partial charge in [0.05, 0.1) is 46.1 Å². The van der Waals surface area contributed by atoms with Crippen molar-refractivity contribution in [1.82, 2.24) is 10.6 Å². The molecule has 0 aliphatic heterocycles. The Morgan fingerprint density at radius 1 is 1.00 bits per heavy atom. The Labute approximate surface area is 247 Å². The number of anilines is 1. The van der Waals surface area contributed by atoms with E-state index in [9.17, 15) is 9.59 Å². The van der Waals surface area contributed by atoms with Crippen LogP contribution in [0.5, 0.6) is 5.75 Å². The molecule has 0 aromatic heterocycles. The summed E-state index contributed by atoms with van der Waals surface area (Å²) in [6.07, 6.45) is 3.98. The van der Waals surface area contributed by atoms with Crippen LogP contribution in [0.2, 0.25) is 0 Å². The van der Waals surface area contributed by atoms with E-state index >= 15 is 0 Å². The fraction of sp³-hybridized carbons (Fsp3) is 0.643. The first kappa shape index (κ1) is 36.2. The Balaban J connectivity index is 2.42. The number of hydrogen-bond acceptors (Lipinski definition) is 10. The molecule has 0 radical (unpaired) electrons.